The molecule has 0 atom stereocenters. The molecule has 0 aliphatic carbocycles. The van der Waals surface area contributed by atoms with Gasteiger partial charge in [0, 0.05) is 12.7 Å². The molecule has 0 radical (unpaired) electrons. The summed E-state index contributed by atoms with van der Waals surface area (Å²) in [6, 6.07) is 0. The molecule has 1 aromatic heterocycles. The summed E-state index contributed by atoms with van der Waals surface area (Å²) in [5.74, 6) is -0.0518. The minimum absolute atomic E-state index is 0.115. The predicted molar refractivity (Wildman–Crippen MR) is 52.5 cm³/mol. The van der Waals surface area contributed by atoms with Crippen molar-refractivity contribution in [3.05, 3.63) is 17.6 Å². The standard InChI is InChI=1S/C9H13N3O2/c1-3-4-10-8-7(9(13)14)5-11-6(2)12-8/h5H,3-4H2,1-2H3,(H,13,14)(H,10,11,12). The number of hydrogen-bond donors (Lipinski definition) is 2. The molecule has 0 fully saturated rings. The molecule has 0 spiro atoms. The van der Waals surface area contributed by atoms with Crippen molar-refractivity contribution >= 4 is 11.8 Å². The Balaban J connectivity index is 2.97. The minimum Gasteiger partial charge on any atom is -0.477 e. The lowest BCUT2D eigenvalue weighted by atomic mass is 10.3. The topological polar surface area (TPSA) is 75.1 Å². The Morgan fingerprint density at radius 1 is 1.64 bits per heavy atom. The quantitative estimate of drug-likeness (QED) is 0.757. The lowest BCUT2D eigenvalue weighted by molar-refractivity contribution is 0.0697. The van der Waals surface area contributed by atoms with E-state index in [9.17, 15) is 4.79 Å². The zero-order valence-corrected chi connectivity index (χ0v) is 8.24. The average Bonchev–Trinajstić information content (AvgIpc) is 2.14. The molecule has 1 rings (SSSR count). The van der Waals surface area contributed by atoms with Crippen LogP contribution < -0.4 is 5.32 Å². The van der Waals surface area contributed by atoms with Crippen LogP contribution in [0.25, 0.3) is 0 Å². The third-order valence-electron chi connectivity index (χ3n) is 1.68. The van der Waals surface area contributed by atoms with Gasteiger partial charge in [-0.25, -0.2) is 14.8 Å². The van der Waals surface area contributed by atoms with Crippen molar-refractivity contribution in [1.29, 1.82) is 0 Å². The average molecular weight is 195 g/mol. The highest BCUT2D eigenvalue weighted by Crippen LogP contribution is 2.11. The SMILES string of the molecule is CCCNc1nc(C)ncc1C(=O)O. The van der Waals surface area contributed by atoms with Crippen LogP contribution in [0.4, 0.5) is 5.82 Å². The molecule has 1 aromatic rings. The molecule has 0 saturated carbocycles. The summed E-state index contributed by atoms with van der Waals surface area (Å²) in [6.07, 6.45) is 2.24. The molecule has 0 unspecified atom stereocenters. The molecule has 14 heavy (non-hydrogen) atoms. The van der Waals surface area contributed by atoms with Crippen LogP contribution in [-0.4, -0.2) is 27.6 Å². The highest BCUT2D eigenvalue weighted by Gasteiger charge is 2.11. The van der Waals surface area contributed by atoms with Gasteiger partial charge in [-0.05, 0) is 13.3 Å². The summed E-state index contributed by atoms with van der Waals surface area (Å²) in [6.45, 7) is 4.43. The highest BCUT2D eigenvalue weighted by molar-refractivity contribution is 5.92. The van der Waals surface area contributed by atoms with Crippen LogP contribution in [0.5, 0.6) is 0 Å². The van der Waals surface area contributed by atoms with Crippen LogP contribution in [0.1, 0.15) is 29.5 Å². The zero-order chi connectivity index (χ0) is 10.6. The maximum Gasteiger partial charge on any atom is 0.341 e. The molecular weight excluding hydrogens is 182 g/mol. The van der Waals surface area contributed by atoms with Gasteiger partial charge in [0.15, 0.2) is 0 Å². The first-order valence-electron chi connectivity index (χ1n) is 4.46. The van der Waals surface area contributed by atoms with Crippen molar-refractivity contribution < 1.29 is 9.90 Å². The van der Waals surface area contributed by atoms with Crippen molar-refractivity contribution in [2.24, 2.45) is 0 Å². The molecular formula is C9H13N3O2. The summed E-state index contributed by atoms with van der Waals surface area (Å²) in [5.41, 5.74) is 0.115. The number of aromatic nitrogens is 2. The first-order chi connectivity index (χ1) is 6.65. The number of anilines is 1. The molecule has 0 saturated heterocycles. The molecule has 0 bridgehead atoms. The number of carboxylic acid groups (broad SMARTS) is 1. The van der Waals surface area contributed by atoms with E-state index >= 15 is 0 Å². The smallest absolute Gasteiger partial charge is 0.341 e. The summed E-state index contributed by atoms with van der Waals surface area (Å²) in [4.78, 5) is 18.6. The van der Waals surface area contributed by atoms with E-state index in [2.05, 4.69) is 15.3 Å². The van der Waals surface area contributed by atoms with E-state index in [4.69, 9.17) is 5.11 Å². The number of rotatable bonds is 4. The molecule has 0 aliphatic rings. The first kappa shape index (κ1) is 10.4. The predicted octanol–water partition coefficient (Wildman–Crippen LogP) is 1.31. The van der Waals surface area contributed by atoms with Gasteiger partial charge in [0.1, 0.15) is 17.2 Å². The van der Waals surface area contributed by atoms with Crippen LogP contribution in [0.3, 0.4) is 0 Å². The van der Waals surface area contributed by atoms with Gasteiger partial charge >= 0.3 is 5.97 Å². The van der Waals surface area contributed by atoms with Crippen LogP contribution in [0.2, 0.25) is 0 Å². The third kappa shape index (κ3) is 2.42. The molecule has 76 valence electrons. The molecule has 2 N–H and O–H groups in total. The van der Waals surface area contributed by atoms with E-state index in [1.54, 1.807) is 6.92 Å². The number of hydrogen-bond acceptors (Lipinski definition) is 4. The Hall–Kier alpha value is -1.65. The van der Waals surface area contributed by atoms with Gasteiger partial charge in [0.2, 0.25) is 0 Å². The van der Waals surface area contributed by atoms with Gasteiger partial charge in [0.05, 0.1) is 0 Å². The van der Waals surface area contributed by atoms with Crippen molar-refractivity contribution in [3.63, 3.8) is 0 Å². The van der Waals surface area contributed by atoms with E-state index < -0.39 is 5.97 Å². The van der Waals surface area contributed by atoms with Crippen molar-refractivity contribution in [2.45, 2.75) is 20.3 Å². The lowest BCUT2D eigenvalue weighted by Crippen LogP contribution is -2.10. The summed E-state index contributed by atoms with van der Waals surface area (Å²) < 4.78 is 0. The van der Waals surface area contributed by atoms with Crippen LogP contribution in [0.15, 0.2) is 6.20 Å². The Morgan fingerprint density at radius 2 is 2.36 bits per heavy atom. The van der Waals surface area contributed by atoms with Crippen molar-refractivity contribution in [1.82, 2.24) is 9.97 Å². The van der Waals surface area contributed by atoms with Crippen LogP contribution in [0, 0.1) is 6.92 Å². The Labute approximate surface area is 82.2 Å². The minimum atomic E-state index is -1.01. The van der Waals surface area contributed by atoms with Gasteiger partial charge in [-0.2, -0.15) is 0 Å². The summed E-state index contributed by atoms with van der Waals surface area (Å²) in [7, 11) is 0. The number of carbonyl (C=O) groups is 1. The third-order valence-corrected chi connectivity index (χ3v) is 1.68. The fourth-order valence-corrected chi connectivity index (χ4v) is 1.00. The Kier molecular flexibility index (Phi) is 3.39. The van der Waals surface area contributed by atoms with Gasteiger partial charge in [-0.1, -0.05) is 6.92 Å². The van der Waals surface area contributed by atoms with Gasteiger partial charge in [0.25, 0.3) is 0 Å². The van der Waals surface area contributed by atoms with Crippen LogP contribution in [-0.2, 0) is 0 Å². The monoisotopic (exact) mass is 195 g/mol. The molecule has 0 aromatic carbocycles. The van der Waals surface area contributed by atoms with E-state index in [0.29, 0.717) is 18.2 Å². The highest BCUT2D eigenvalue weighted by atomic mass is 16.4. The van der Waals surface area contributed by atoms with Gasteiger partial charge < -0.3 is 10.4 Å². The molecule has 1 heterocycles. The van der Waals surface area contributed by atoms with Crippen molar-refractivity contribution in [2.75, 3.05) is 11.9 Å². The number of carboxylic acids is 1. The summed E-state index contributed by atoms with van der Waals surface area (Å²) >= 11 is 0. The fraction of sp³-hybridized carbons (Fsp3) is 0.444. The number of nitrogens with one attached hydrogen (secondary N) is 1. The Morgan fingerprint density at radius 3 is 2.93 bits per heavy atom. The second-order valence-electron chi connectivity index (χ2n) is 2.91. The second-order valence-corrected chi connectivity index (χ2v) is 2.91. The normalized spacial score (nSPS) is 9.86. The number of aryl methyl sites for hydroxylation is 1. The maximum absolute atomic E-state index is 10.8. The number of aromatic carboxylic acids is 1. The van der Waals surface area contributed by atoms with E-state index in [1.165, 1.54) is 6.20 Å². The maximum atomic E-state index is 10.8. The van der Waals surface area contributed by atoms with Gasteiger partial charge in [-0.15, -0.1) is 0 Å². The molecule has 5 nitrogen and oxygen atoms in total. The number of nitrogens with zero attached hydrogens (tertiary/aromatic N) is 2. The molecule has 0 aliphatic heterocycles. The van der Waals surface area contributed by atoms with Gasteiger partial charge in [-0.3, -0.25) is 0 Å². The Bertz CT molecular complexity index is 339. The van der Waals surface area contributed by atoms with E-state index in [-0.39, 0.29) is 5.56 Å². The largest absolute Gasteiger partial charge is 0.477 e. The lowest BCUT2D eigenvalue weighted by Gasteiger charge is -2.07. The van der Waals surface area contributed by atoms with Crippen molar-refractivity contribution in [3.8, 4) is 0 Å². The zero-order valence-electron chi connectivity index (χ0n) is 8.24. The molecule has 5 heteroatoms. The van der Waals surface area contributed by atoms with E-state index in [0.717, 1.165) is 6.42 Å². The van der Waals surface area contributed by atoms with Crippen LogP contribution >= 0.6 is 0 Å². The fourth-order valence-electron chi connectivity index (χ4n) is 1.00. The molecule has 0 amide bonds. The van der Waals surface area contributed by atoms with E-state index in [1.807, 2.05) is 6.92 Å². The summed E-state index contributed by atoms with van der Waals surface area (Å²) in [5, 5.41) is 11.8. The first-order valence-corrected chi connectivity index (χ1v) is 4.46. The second kappa shape index (κ2) is 4.55.